The second-order valence-electron chi connectivity index (χ2n) is 5.69. The molecule has 11 heteroatoms. The number of nitrogens with two attached hydrogens (primary N) is 1. The molecule has 26 heavy (non-hydrogen) atoms. The fraction of sp³-hybridized carbons (Fsp3) is 0.400. The van der Waals surface area contributed by atoms with Crippen LogP contribution in [0.3, 0.4) is 0 Å². The summed E-state index contributed by atoms with van der Waals surface area (Å²) in [5.74, 6) is -0.0547. The van der Waals surface area contributed by atoms with Crippen LogP contribution in [0.5, 0.6) is 11.6 Å². The summed E-state index contributed by atoms with van der Waals surface area (Å²) in [4.78, 5) is 11.5. The van der Waals surface area contributed by atoms with Crippen LogP contribution in [0.15, 0.2) is 29.3 Å². The summed E-state index contributed by atoms with van der Waals surface area (Å²) in [6.07, 6.45) is 2.50. The van der Waals surface area contributed by atoms with Gasteiger partial charge in [-0.25, -0.2) is 8.42 Å². The van der Waals surface area contributed by atoms with Crippen LogP contribution in [0.4, 0.5) is 0 Å². The highest BCUT2D eigenvalue weighted by molar-refractivity contribution is 7.89. The van der Waals surface area contributed by atoms with Gasteiger partial charge in [0.2, 0.25) is 15.9 Å². The molecular weight excluding hydrogens is 380 g/mol. The Balaban J connectivity index is 1.73. The SMILES string of the molecule is COc1ccc(S(=O)(=O)N2CCC(Oc3cnsn3)CC2)cc1C(N)=O. The normalized spacial score (nSPS) is 16.3. The van der Waals surface area contributed by atoms with E-state index in [-0.39, 0.29) is 22.3 Å². The van der Waals surface area contributed by atoms with Crippen molar-refractivity contribution in [2.45, 2.75) is 23.8 Å². The number of hydrogen-bond donors (Lipinski definition) is 1. The molecule has 0 aliphatic carbocycles. The lowest BCUT2D eigenvalue weighted by atomic mass is 10.1. The number of benzene rings is 1. The number of amides is 1. The van der Waals surface area contributed by atoms with Crippen molar-refractivity contribution in [2.75, 3.05) is 20.2 Å². The standard InChI is InChI=1S/C15H18N4O5S2/c1-23-13-3-2-11(8-12(13)15(16)20)26(21,22)19-6-4-10(5-7-19)24-14-9-17-25-18-14/h2-3,8-10H,4-7H2,1H3,(H2,16,20). The van der Waals surface area contributed by atoms with Gasteiger partial charge in [0, 0.05) is 13.1 Å². The topological polar surface area (TPSA) is 125 Å². The fourth-order valence-electron chi connectivity index (χ4n) is 2.76. The van der Waals surface area contributed by atoms with Gasteiger partial charge in [-0.15, -0.1) is 4.37 Å². The molecule has 2 aromatic rings. The number of piperidine rings is 1. The number of ether oxygens (including phenoxy) is 2. The lowest BCUT2D eigenvalue weighted by Crippen LogP contribution is -2.41. The maximum atomic E-state index is 12.9. The monoisotopic (exact) mass is 398 g/mol. The second-order valence-corrected chi connectivity index (χ2v) is 8.19. The van der Waals surface area contributed by atoms with E-state index in [0.717, 1.165) is 11.7 Å². The second kappa shape index (κ2) is 7.56. The van der Waals surface area contributed by atoms with Gasteiger partial charge in [0.1, 0.15) is 18.1 Å². The van der Waals surface area contributed by atoms with E-state index < -0.39 is 15.9 Å². The first-order valence-electron chi connectivity index (χ1n) is 7.84. The number of nitrogens with zero attached hydrogens (tertiary/aromatic N) is 3. The molecule has 0 atom stereocenters. The van der Waals surface area contributed by atoms with Gasteiger partial charge in [-0.05, 0) is 31.0 Å². The zero-order valence-corrected chi connectivity index (χ0v) is 15.6. The summed E-state index contributed by atoms with van der Waals surface area (Å²) in [5, 5.41) is 0. The maximum absolute atomic E-state index is 12.9. The summed E-state index contributed by atoms with van der Waals surface area (Å²) < 4.78 is 45.7. The lowest BCUT2D eigenvalue weighted by molar-refractivity contribution is 0.0997. The Morgan fingerprint density at radius 2 is 2.08 bits per heavy atom. The minimum Gasteiger partial charge on any atom is -0.496 e. The lowest BCUT2D eigenvalue weighted by Gasteiger charge is -2.31. The first-order valence-corrected chi connectivity index (χ1v) is 10.0. The first-order chi connectivity index (χ1) is 12.4. The quantitative estimate of drug-likeness (QED) is 0.765. The van der Waals surface area contributed by atoms with E-state index >= 15 is 0 Å². The van der Waals surface area contributed by atoms with Crippen LogP contribution in [0.1, 0.15) is 23.2 Å². The number of carbonyl (C=O) groups is 1. The van der Waals surface area contributed by atoms with Gasteiger partial charge in [0.05, 0.1) is 29.3 Å². The minimum absolute atomic E-state index is 0.00942. The van der Waals surface area contributed by atoms with E-state index in [1.807, 2.05) is 0 Å². The smallest absolute Gasteiger partial charge is 0.252 e. The highest BCUT2D eigenvalue weighted by Crippen LogP contribution is 2.27. The van der Waals surface area contributed by atoms with Gasteiger partial charge in [-0.2, -0.15) is 8.68 Å². The summed E-state index contributed by atoms with van der Waals surface area (Å²) in [6, 6.07) is 4.09. The van der Waals surface area contributed by atoms with Gasteiger partial charge in [0.25, 0.3) is 5.91 Å². The van der Waals surface area contributed by atoms with Crippen LogP contribution >= 0.6 is 11.7 Å². The van der Waals surface area contributed by atoms with Crippen LogP contribution in [-0.4, -0.2) is 53.7 Å². The largest absolute Gasteiger partial charge is 0.496 e. The molecule has 0 spiro atoms. The van der Waals surface area contributed by atoms with Crippen LogP contribution in [0, 0.1) is 0 Å². The van der Waals surface area contributed by atoms with Crippen molar-refractivity contribution >= 4 is 27.7 Å². The van der Waals surface area contributed by atoms with Crippen molar-refractivity contribution in [1.29, 1.82) is 0 Å². The van der Waals surface area contributed by atoms with Crippen LogP contribution in [0.2, 0.25) is 0 Å². The van der Waals surface area contributed by atoms with Crippen molar-refractivity contribution < 1.29 is 22.7 Å². The molecular formula is C15H18N4O5S2. The van der Waals surface area contributed by atoms with Gasteiger partial charge in [-0.3, -0.25) is 4.79 Å². The van der Waals surface area contributed by atoms with E-state index in [9.17, 15) is 13.2 Å². The number of hydrogen-bond acceptors (Lipinski definition) is 8. The van der Waals surface area contributed by atoms with Crippen LogP contribution in [-0.2, 0) is 10.0 Å². The molecule has 1 saturated heterocycles. The minimum atomic E-state index is -3.74. The fourth-order valence-corrected chi connectivity index (χ4v) is 4.61. The van der Waals surface area contributed by atoms with Gasteiger partial charge >= 0.3 is 0 Å². The number of sulfonamides is 1. The Hall–Kier alpha value is -2.24. The number of primary amides is 1. The molecule has 2 N–H and O–H groups in total. The summed E-state index contributed by atoms with van der Waals surface area (Å²) in [5.41, 5.74) is 5.34. The Kier molecular flexibility index (Phi) is 5.39. The van der Waals surface area contributed by atoms with E-state index in [0.29, 0.717) is 31.8 Å². The average molecular weight is 398 g/mol. The van der Waals surface area contributed by atoms with Crippen molar-refractivity contribution in [3.05, 3.63) is 30.0 Å². The summed E-state index contributed by atoms with van der Waals surface area (Å²) in [7, 11) is -2.35. The predicted molar refractivity (Wildman–Crippen MR) is 93.8 cm³/mol. The molecule has 0 unspecified atom stereocenters. The molecule has 1 aromatic carbocycles. The van der Waals surface area contributed by atoms with Gasteiger partial charge in [-0.1, -0.05) is 0 Å². The first kappa shape index (κ1) is 18.5. The molecule has 0 radical (unpaired) electrons. The van der Waals surface area contributed by atoms with Crippen molar-refractivity contribution in [3.63, 3.8) is 0 Å². The molecule has 140 valence electrons. The third-order valence-electron chi connectivity index (χ3n) is 4.10. The highest BCUT2D eigenvalue weighted by atomic mass is 32.2. The summed E-state index contributed by atoms with van der Waals surface area (Å²) >= 11 is 1.06. The van der Waals surface area contributed by atoms with Crippen molar-refractivity contribution in [3.8, 4) is 11.6 Å². The number of carbonyl (C=O) groups excluding carboxylic acids is 1. The van der Waals surface area contributed by atoms with E-state index in [4.69, 9.17) is 15.2 Å². The molecule has 0 saturated carbocycles. The predicted octanol–water partition coefficient (Wildman–Crippen LogP) is 0.878. The Labute approximate surface area is 155 Å². The van der Waals surface area contributed by atoms with E-state index in [2.05, 4.69) is 8.75 Å². The van der Waals surface area contributed by atoms with Gasteiger partial charge in [0.15, 0.2) is 0 Å². The number of rotatable bonds is 6. The molecule has 1 fully saturated rings. The Morgan fingerprint density at radius 3 is 2.65 bits per heavy atom. The zero-order valence-electron chi connectivity index (χ0n) is 14.0. The summed E-state index contributed by atoms with van der Waals surface area (Å²) in [6.45, 7) is 0.616. The molecule has 1 aromatic heterocycles. The third kappa shape index (κ3) is 3.79. The molecule has 3 rings (SSSR count). The van der Waals surface area contributed by atoms with Crippen molar-refractivity contribution in [2.24, 2.45) is 5.73 Å². The third-order valence-corrected chi connectivity index (χ3v) is 6.46. The van der Waals surface area contributed by atoms with E-state index in [1.165, 1.54) is 35.8 Å². The zero-order chi connectivity index (χ0) is 18.7. The van der Waals surface area contributed by atoms with E-state index in [1.54, 1.807) is 0 Å². The highest BCUT2D eigenvalue weighted by Gasteiger charge is 2.31. The molecule has 1 aliphatic rings. The molecule has 9 nitrogen and oxygen atoms in total. The average Bonchev–Trinajstić information content (AvgIpc) is 3.14. The molecule has 2 heterocycles. The Morgan fingerprint density at radius 1 is 1.35 bits per heavy atom. The number of aromatic nitrogens is 2. The Bertz CT molecular complexity index is 877. The molecule has 1 aliphatic heterocycles. The molecule has 0 bridgehead atoms. The van der Waals surface area contributed by atoms with Gasteiger partial charge < -0.3 is 15.2 Å². The maximum Gasteiger partial charge on any atom is 0.252 e. The molecule has 1 amide bonds. The number of methoxy groups -OCH3 is 1. The van der Waals surface area contributed by atoms with Crippen LogP contribution in [0.25, 0.3) is 0 Å². The van der Waals surface area contributed by atoms with Crippen LogP contribution < -0.4 is 15.2 Å². The van der Waals surface area contributed by atoms with Crippen molar-refractivity contribution in [1.82, 2.24) is 13.1 Å².